The van der Waals surface area contributed by atoms with Crippen LogP contribution in [0.3, 0.4) is 0 Å². The van der Waals surface area contributed by atoms with E-state index in [1.165, 1.54) is 95.5 Å². The molecule has 0 saturated heterocycles. The highest BCUT2D eigenvalue weighted by molar-refractivity contribution is 7.95. The second-order valence-electron chi connectivity index (χ2n) is 15.9. The van der Waals surface area contributed by atoms with Gasteiger partial charge in [-0.05, 0) is 96.8 Å². The number of fused-ring (bicyclic) bond motifs is 1. The topological polar surface area (TPSA) is 131 Å². The van der Waals surface area contributed by atoms with Crippen molar-refractivity contribution >= 4 is 76.5 Å². The molecule has 0 aliphatic heterocycles. The highest BCUT2D eigenvalue weighted by Gasteiger charge is 2.28. The van der Waals surface area contributed by atoms with E-state index in [0.29, 0.717) is 37.3 Å². The van der Waals surface area contributed by atoms with Crippen LogP contribution in [0.2, 0.25) is 0 Å². The van der Waals surface area contributed by atoms with Crippen molar-refractivity contribution in [3.05, 3.63) is 77.2 Å². The number of nitrogen functional groups attached to an aromatic ring is 1. The van der Waals surface area contributed by atoms with Crippen LogP contribution in [0, 0.1) is 11.8 Å². The number of nitrogens with two attached hydrogens (primary N) is 1. The smallest absolute Gasteiger partial charge is 0.273 e. The van der Waals surface area contributed by atoms with E-state index in [1.807, 2.05) is 24.3 Å². The molecule has 0 radical (unpaired) electrons. The second kappa shape index (κ2) is 17.3. The molecule has 2 aliphatic rings. The number of imidazole rings is 1. The van der Waals surface area contributed by atoms with Crippen molar-refractivity contribution in [3.63, 3.8) is 0 Å². The standard InChI is InChI=1S/C23H31N3O2S2.C18H25N3O2S2/c1-23(2,3)22-24-19-15-18(25(4)30(27,28)21-11-8-14-29-21)12-13-20(19)26(22)16-17-9-6-5-7-10-17;1-21(25(22,23)18-8-5-11-24-18)15-9-10-17(16(19)12-15)20-13-14-6-3-2-4-7-14/h8,11-15,17H,5-7,9-10,16H2,1-4H3;5,8-12,14,20H,2-4,6-7,13,19H2,1H3. The molecule has 3 heterocycles. The zero-order valence-electron chi connectivity index (χ0n) is 32.7. The molecule has 0 atom stereocenters. The molecule has 2 saturated carbocycles. The molecule has 298 valence electrons. The summed E-state index contributed by atoms with van der Waals surface area (Å²) in [4.78, 5) is 4.98. The van der Waals surface area contributed by atoms with E-state index in [4.69, 9.17) is 10.7 Å². The molecule has 0 spiro atoms. The number of hydrogen-bond donors (Lipinski definition) is 2. The highest BCUT2D eigenvalue weighted by atomic mass is 32.3. The first-order chi connectivity index (χ1) is 26.2. The Morgan fingerprint density at radius 1 is 0.764 bits per heavy atom. The molecule has 5 aromatic rings. The van der Waals surface area contributed by atoms with Crippen molar-refractivity contribution in [1.82, 2.24) is 9.55 Å². The van der Waals surface area contributed by atoms with Gasteiger partial charge < -0.3 is 15.6 Å². The molecule has 2 aliphatic carbocycles. The van der Waals surface area contributed by atoms with E-state index in [2.05, 4.69) is 30.7 Å². The van der Waals surface area contributed by atoms with E-state index < -0.39 is 20.0 Å². The molecule has 2 fully saturated rings. The minimum absolute atomic E-state index is 0.0806. The molecule has 14 heteroatoms. The predicted octanol–water partition coefficient (Wildman–Crippen LogP) is 9.95. The number of aromatic nitrogens is 2. The van der Waals surface area contributed by atoms with E-state index in [-0.39, 0.29) is 5.41 Å². The number of nitrogens with one attached hydrogen (secondary N) is 1. The normalized spacial score (nSPS) is 16.1. The van der Waals surface area contributed by atoms with Crippen molar-refractivity contribution in [2.24, 2.45) is 11.8 Å². The fourth-order valence-electron chi connectivity index (χ4n) is 7.62. The summed E-state index contributed by atoms with van der Waals surface area (Å²) in [6.45, 7) is 8.50. The Balaban J connectivity index is 0.000000190. The van der Waals surface area contributed by atoms with Gasteiger partial charge in [0, 0.05) is 32.6 Å². The third-order valence-corrected chi connectivity index (χ3v) is 17.2. The van der Waals surface area contributed by atoms with Gasteiger partial charge in [0.05, 0.1) is 33.8 Å². The van der Waals surface area contributed by atoms with E-state index in [0.717, 1.165) is 35.6 Å². The number of rotatable bonds is 11. The number of benzene rings is 2. The summed E-state index contributed by atoms with van der Waals surface area (Å²) in [5, 5.41) is 6.97. The third kappa shape index (κ3) is 9.52. The third-order valence-electron chi connectivity index (χ3n) is 10.9. The fourth-order valence-corrected chi connectivity index (χ4v) is 12.3. The molecule has 7 rings (SSSR count). The largest absolute Gasteiger partial charge is 0.397 e. The van der Waals surface area contributed by atoms with Crippen molar-refractivity contribution < 1.29 is 16.8 Å². The van der Waals surface area contributed by atoms with Gasteiger partial charge in [0.1, 0.15) is 14.2 Å². The molecule has 0 amide bonds. The summed E-state index contributed by atoms with van der Waals surface area (Å²) in [7, 11) is -3.92. The van der Waals surface area contributed by atoms with Gasteiger partial charge in [-0.3, -0.25) is 8.61 Å². The first kappa shape index (κ1) is 41.1. The second-order valence-corrected chi connectivity index (χ2v) is 22.2. The minimum Gasteiger partial charge on any atom is -0.397 e. The van der Waals surface area contributed by atoms with Crippen LogP contribution >= 0.6 is 22.7 Å². The molecular weight excluding hydrogens is 769 g/mol. The van der Waals surface area contributed by atoms with E-state index in [9.17, 15) is 16.8 Å². The monoisotopic (exact) mass is 824 g/mol. The number of anilines is 4. The van der Waals surface area contributed by atoms with Gasteiger partial charge in [-0.15, -0.1) is 22.7 Å². The van der Waals surface area contributed by atoms with Crippen LogP contribution in [-0.2, 0) is 32.0 Å². The van der Waals surface area contributed by atoms with Crippen LogP contribution < -0.4 is 19.7 Å². The summed E-state index contributed by atoms with van der Waals surface area (Å²) >= 11 is 2.45. The van der Waals surface area contributed by atoms with Gasteiger partial charge in [-0.25, -0.2) is 21.8 Å². The summed E-state index contributed by atoms with van der Waals surface area (Å²) in [6.07, 6.45) is 13.1. The molecule has 3 N–H and O–H groups in total. The minimum atomic E-state index is -3.55. The first-order valence-corrected chi connectivity index (χ1v) is 24.0. The number of nitrogens with zero attached hydrogens (tertiary/aromatic N) is 4. The molecule has 55 heavy (non-hydrogen) atoms. The lowest BCUT2D eigenvalue weighted by molar-refractivity contribution is 0.313. The Morgan fingerprint density at radius 2 is 1.29 bits per heavy atom. The maximum atomic E-state index is 12.9. The van der Waals surface area contributed by atoms with E-state index in [1.54, 1.807) is 61.3 Å². The lowest BCUT2D eigenvalue weighted by Crippen LogP contribution is -2.26. The molecular formula is C41H56N6O4S4. The van der Waals surface area contributed by atoms with Crippen molar-refractivity contribution in [1.29, 1.82) is 0 Å². The van der Waals surface area contributed by atoms with Gasteiger partial charge in [0.2, 0.25) is 0 Å². The van der Waals surface area contributed by atoms with Crippen molar-refractivity contribution in [2.45, 2.75) is 105 Å². The zero-order chi connectivity index (χ0) is 39.4. The van der Waals surface area contributed by atoms with Gasteiger partial charge in [-0.1, -0.05) is 71.4 Å². The SMILES string of the molecule is CN(c1ccc(NCC2CCCCC2)c(N)c1)S(=O)(=O)c1cccs1.CN(c1ccc2c(c1)nc(C(C)(C)C)n2CC1CCCCC1)S(=O)(=O)c1cccs1. The summed E-state index contributed by atoms with van der Waals surface area (Å²) in [5.41, 5.74) is 10.7. The maximum Gasteiger partial charge on any atom is 0.273 e. The van der Waals surface area contributed by atoms with E-state index >= 15 is 0 Å². The predicted molar refractivity (Wildman–Crippen MR) is 231 cm³/mol. The van der Waals surface area contributed by atoms with Crippen molar-refractivity contribution in [3.8, 4) is 0 Å². The summed E-state index contributed by atoms with van der Waals surface area (Å²) < 4.78 is 56.8. The van der Waals surface area contributed by atoms with Crippen LogP contribution in [0.15, 0.2) is 79.8 Å². The number of thiophene rings is 2. The molecule has 10 nitrogen and oxygen atoms in total. The lowest BCUT2D eigenvalue weighted by Gasteiger charge is -2.26. The molecule has 0 unspecified atom stereocenters. The van der Waals surface area contributed by atoms with Gasteiger partial charge in [0.25, 0.3) is 20.0 Å². The maximum absolute atomic E-state index is 12.9. The molecule has 3 aromatic heterocycles. The quantitative estimate of drug-likeness (QED) is 0.127. The lowest BCUT2D eigenvalue weighted by atomic mass is 9.88. The van der Waals surface area contributed by atoms with Crippen LogP contribution in [0.5, 0.6) is 0 Å². The summed E-state index contributed by atoms with van der Waals surface area (Å²) in [6, 6.07) is 18.0. The molecule has 0 bridgehead atoms. The Kier molecular flexibility index (Phi) is 12.9. The number of hydrogen-bond acceptors (Lipinski definition) is 9. The Morgan fingerprint density at radius 3 is 1.80 bits per heavy atom. The first-order valence-electron chi connectivity index (χ1n) is 19.4. The van der Waals surface area contributed by atoms with Gasteiger partial charge in [-0.2, -0.15) is 0 Å². The fraction of sp³-hybridized carbons (Fsp3) is 0.488. The average molecular weight is 825 g/mol. The highest BCUT2D eigenvalue weighted by Crippen LogP contribution is 2.35. The van der Waals surface area contributed by atoms with Gasteiger partial charge >= 0.3 is 0 Å². The number of sulfonamides is 2. The van der Waals surface area contributed by atoms with Crippen LogP contribution in [0.25, 0.3) is 11.0 Å². The Bertz CT molecular complexity index is 2230. The van der Waals surface area contributed by atoms with Crippen LogP contribution in [-0.4, -0.2) is 47.0 Å². The van der Waals surface area contributed by atoms with Crippen molar-refractivity contribution in [2.75, 3.05) is 40.3 Å². The summed E-state index contributed by atoms with van der Waals surface area (Å²) in [5.74, 6) is 2.47. The van der Waals surface area contributed by atoms with Crippen LogP contribution in [0.1, 0.15) is 90.8 Å². The Hall–Kier alpha value is -3.59. The zero-order valence-corrected chi connectivity index (χ0v) is 36.0. The average Bonchev–Trinajstić information content (AvgIpc) is 3.98. The van der Waals surface area contributed by atoms with Gasteiger partial charge in [0.15, 0.2) is 0 Å². The Labute approximate surface area is 335 Å². The molecule has 2 aromatic carbocycles. The van der Waals surface area contributed by atoms with Crippen LogP contribution in [0.4, 0.5) is 22.7 Å².